The molecule has 1 atom stereocenters. The number of rotatable bonds is 3. The average molecular weight is 303 g/mol. The minimum atomic E-state index is -1.06. The maximum atomic E-state index is 13.8. The van der Waals surface area contributed by atoms with Crippen molar-refractivity contribution < 1.29 is 19.2 Å². The lowest BCUT2D eigenvalue weighted by Crippen LogP contribution is -2.99. The third-order valence-corrected chi connectivity index (χ3v) is 3.21. The van der Waals surface area contributed by atoms with Gasteiger partial charge in [-0.2, -0.15) is 10.3 Å². The van der Waals surface area contributed by atoms with Gasteiger partial charge in [-0.3, -0.25) is 0 Å². The number of nitrogens with one attached hydrogen (secondary N) is 1. The van der Waals surface area contributed by atoms with E-state index in [1.807, 2.05) is 0 Å². The third-order valence-electron chi connectivity index (χ3n) is 3.21. The van der Waals surface area contributed by atoms with Crippen LogP contribution in [-0.2, 0) is 0 Å². The van der Waals surface area contributed by atoms with Crippen LogP contribution in [0.2, 0.25) is 0 Å². The van der Waals surface area contributed by atoms with Crippen molar-refractivity contribution in [1.29, 1.82) is 0 Å². The smallest absolute Gasteiger partial charge is 0.171 e. The van der Waals surface area contributed by atoms with Crippen LogP contribution in [-0.4, -0.2) is 15.0 Å². The van der Waals surface area contributed by atoms with Crippen LogP contribution in [0.1, 0.15) is 0 Å². The molecule has 112 valence electrons. The van der Waals surface area contributed by atoms with Crippen molar-refractivity contribution in [2.45, 2.75) is 0 Å². The second kappa shape index (κ2) is 5.64. The minimum absolute atomic E-state index is 0.0838. The molecule has 1 unspecified atom stereocenters. The number of nitrogens with zero attached hydrogens (tertiary/aromatic N) is 2. The highest BCUT2D eigenvalue weighted by atomic mass is 19.1. The Morgan fingerprint density at radius 2 is 1.91 bits per heavy atom. The van der Waals surface area contributed by atoms with Gasteiger partial charge < -0.3 is 5.21 Å². The Hall–Kier alpha value is -2.61. The molecule has 3 rings (SSSR count). The number of hydrogen-bond acceptors (Lipinski definition) is 3. The molecule has 0 bridgehead atoms. The van der Waals surface area contributed by atoms with E-state index in [1.54, 1.807) is 18.2 Å². The fraction of sp³-hybridized carbons (Fsp3) is 0. The van der Waals surface area contributed by atoms with E-state index in [0.29, 0.717) is 11.1 Å². The standard InChI is InChI=1S/C15H11F2N3O2/c16-11-5-6-15(13(17)7-11)19-9-10(8-18-19)12-3-1-2-4-14(12)20(21)22/h1-9,20-21H. The van der Waals surface area contributed by atoms with Crippen molar-refractivity contribution in [3.63, 3.8) is 0 Å². The zero-order valence-corrected chi connectivity index (χ0v) is 11.2. The van der Waals surface area contributed by atoms with E-state index in [0.717, 1.165) is 12.1 Å². The predicted octanol–water partition coefficient (Wildman–Crippen LogP) is 2.22. The second-order valence-corrected chi connectivity index (χ2v) is 4.62. The highest BCUT2D eigenvalue weighted by Crippen LogP contribution is 2.26. The molecule has 7 heteroatoms. The van der Waals surface area contributed by atoms with Crippen LogP contribution in [0.5, 0.6) is 0 Å². The summed E-state index contributed by atoms with van der Waals surface area (Å²) >= 11 is 0. The lowest BCUT2D eigenvalue weighted by Gasteiger charge is -2.14. The van der Waals surface area contributed by atoms with Crippen molar-refractivity contribution in [3.8, 4) is 16.8 Å². The first kappa shape index (κ1) is 14.3. The zero-order valence-electron chi connectivity index (χ0n) is 11.2. The van der Waals surface area contributed by atoms with Gasteiger partial charge in [0.05, 0.1) is 6.20 Å². The zero-order chi connectivity index (χ0) is 15.7. The van der Waals surface area contributed by atoms with E-state index < -0.39 is 16.9 Å². The van der Waals surface area contributed by atoms with E-state index in [1.165, 1.54) is 29.2 Å². The molecule has 0 saturated heterocycles. The Morgan fingerprint density at radius 1 is 1.14 bits per heavy atom. The van der Waals surface area contributed by atoms with Crippen LogP contribution in [0.4, 0.5) is 14.5 Å². The van der Waals surface area contributed by atoms with Crippen molar-refractivity contribution in [2.75, 3.05) is 0 Å². The second-order valence-electron chi connectivity index (χ2n) is 4.62. The van der Waals surface area contributed by atoms with Crippen LogP contribution in [0, 0.1) is 16.8 Å². The number of quaternary nitrogens is 1. The molecule has 2 aromatic carbocycles. The monoisotopic (exact) mass is 303 g/mol. The van der Waals surface area contributed by atoms with Crippen LogP contribution in [0.25, 0.3) is 16.8 Å². The Balaban J connectivity index is 2.05. The molecule has 1 aromatic heterocycles. The molecular formula is C15H11F2N3O2. The highest BCUT2D eigenvalue weighted by Gasteiger charge is 2.14. The molecular weight excluding hydrogens is 292 g/mol. The SMILES string of the molecule is [O-][NH+](O)c1ccccc1-c1cnn(-c2ccc(F)cc2F)c1. The van der Waals surface area contributed by atoms with Crippen molar-refractivity contribution in [1.82, 2.24) is 9.78 Å². The molecule has 5 nitrogen and oxygen atoms in total. The van der Waals surface area contributed by atoms with Gasteiger partial charge in [0.15, 0.2) is 11.5 Å². The summed E-state index contributed by atoms with van der Waals surface area (Å²) in [4.78, 5) is 0. The summed E-state index contributed by atoms with van der Waals surface area (Å²) in [6.07, 6.45) is 2.93. The van der Waals surface area contributed by atoms with Crippen molar-refractivity contribution in [3.05, 3.63) is 71.7 Å². The first-order valence-electron chi connectivity index (χ1n) is 6.39. The first-order valence-corrected chi connectivity index (χ1v) is 6.39. The van der Waals surface area contributed by atoms with Crippen LogP contribution < -0.4 is 5.23 Å². The summed E-state index contributed by atoms with van der Waals surface area (Å²) in [7, 11) is 0. The van der Waals surface area contributed by atoms with E-state index in [2.05, 4.69) is 5.10 Å². The van der Waals surface area contributed by atoms with Gasteiger partial charge in [-0.25, -0.2) is 18.7 Å². The maximum Gasteiger partial charge on any atom is 0.171 e. The largest absolute Gasteiger partial charge is 0.595 e. The van der Waals surface area contributed by atoms with Gasteiger partial charge >= 0.3 is 0 Å². The molecule has 2 N–H and O–H groups in total. The summed E-state index contributed by atoms with van der Waals surface area (Å²) in [5, 5.41) is 23.4. The molecule has 0 spiro atoms. The van der Waals surface area contributed by atoms with Gasteiger partial charge in [0, 0.05) is 29.5 Å². The first-order chi connectivity index (χ1) is 10.6. The molecule has 0 aliphatic carbocycles. The van der Waals surface area contributed by atoms with E-state index in [4.69, 9.17) is 0 Å². The summed E-state index contributed by atoms with van der Waals surface area (Å²) in [6, 6.07) is 9.62. The minimum Gasteiger partial charge on any atom is -0.595 e. The fourth-order valence-electron chi connectivity index (χ4n) is 2.18. The predicted molar refractivity (Wildman–Crippen MR) is 74.7 cm³/mol. The quantitative estimate of drug-likeness (QED) is 0.729. The van der Waals surface area contributed by atoms with Crippen LogP contribution in [0.15, 0.2) is 54.9 Å². The Kier molecular flexibility index (Phi) is 3.68. The summed E-state index contributed by atoms with van der Waals surface area (Å²) < 4.78 is 27.9. The Morgan fingerprint density at radius 3 is 2.64 bits per heavy atom. The van der Waals surface area contributed by atoms with Gasteiger partial charge in [-0.1, -0.05) is 12.1 Å². The summed E-state index contributed by atoms with van der Waals surface area (Å²) in [6.45, 7) is 0. The molecule has 0 aliphatic heterocycles. The number of hydrogen-bond donors (Lipinski definition) is 2. The highest BCUT2D eigenvalue weighted by molar-refractivity contribution is 5.72. The van der Waals surface area contributed by atoms with Gasteiger partial charge in [0.1, 0.15) is 11.5 Å². The number of para-hydroxylation sites is 1. The van der Waals surface area contributed by atoms with E-state index in [-0.39, 0.29) is 11.4 Å². The van der Waals surface area contributed by atoms with E-state index in [9.17, 15) is 19.2 Å². The molecule has 0 saturated carbocycles. The molecule has 22 heavy (non-hydrogen) atoms. The van der Waals surface area contributed by atoms with E-state index >= 15 is 0 Å². The lowest BCUT2D eigenvalue weighted by molar-refractivity contribution is -0.991. The number of aromatic nitrogens is 2. The number of halogens is 2. The van der Waals surface area contributed by atoms with Gasteiger partial charge in [-0.15, -0.1) is 0 Å². The van der Waals surface area contributed by atoms with Crippen LogP contribution in [0.3, 0.4) is 0 Å². The molecule has 0 aliphatic rings. The van der Waals surface area contributed by atoms with Crippen molar-refractivity contribution >= 4 is 5.69 Å². The lowest BCUT2D eigenvalue weighted by atomic mass is 10.1. The van der Waals surface area contributed by atoms with Crippen molar-refractivity contribution in [2.24, 2.45) is 0 Å². The third kappa shape index (κ3) is 2.60. The topological polar surface area (TPSA) is 65.6 Å². The molecule has 1 heterocycles. The normalized spacial score (nSPS) is 12.4. The van der Waals surface area contributed by atoms with Gasteiger partial charge in [-0.05, 0) is 18.2 Å². The van der Waals surface area contributed by atoms with Crippen LogP contribution >= 0.6 is 0 Å². The maximum absolute atomic E-state index is 13.8. The van der Waals surface area contributed by atoms with Gasteiger partial charge in [0.2, 0.25) is 0 Å². The molecule has 0 radical (unpaired) electrons. The fourth-order valence-corrected chi connectivity index (χ4v) is 2.18. The molecule has 0 amide bonds. The number of benzene rings is 2. The summed E-state index contributed by atoms with van der Waals surface area (Å²) in [5.41, 5.74) is 1.22. The average Bonchev–Trinajstić information content (AvgIpc) is 2.96. The Labute approximate surface area is 124 Å². The molecule has 0 fully saturated rings. The molecule has 3 aromatic rings. The van der Waals surface area contributed by atoms with Gasteiger partial charge in [0.25, 0.3) is 0 Å². The Bertz CT molecular complexity index is 818. The summed E-state index contributed by atoms with van der Waals surface area (Å²) in [5.74, 6) is -1.42.